The molecule has 8 aromatic rings. The third-order valence-corrected chi connectivity index (χ3v) is 12.1. The van der Waals surface area contributed by atoms with E-state index in [1.807, 2.05) is 0 Å². The van der Waals surface area contributed by atoms with Crippen LogP contribution in [0.15, 0.2) is 138 Å². The fraction of sp³-hybridized carbons (Fsp3) is 0.200. The van der Waals surface area contributed by atoms with Gasteiger partial charge >= 0.3 is 0 Å². The van der Waals surface area contributed by atoms with Crippen LogP contribution in [0.2, 0.25) is 0 Å². The molecule has 2 nitrogen and oxygen atoms in total. The van der Waals surface area contributed by atoms with E-state index >= 15 is 0 Å². The Labute approximate surface area is 306 Å². The first-order valence-electron chi connectivity index (χ1n) is 18.6. The summed E-state index contributed by atoms with van der Waals surface area (Å²) in [6, 6.07) is 49.5. The van der Waals surface area contributed by atoms with Gasteiger partial charge in [0.2, 0.25) is 0 Å². The Kier molecular flexibility index (Phi) is 6.28. The Morgan fingerprint density at radius 2 is 1.10 bits per heavy atom. The minimum absolute atomic E-state index is 0.0431. The first-order chi connectivity index (χ1) is 24.9. The van der Waals surface area contributed by atoms with Crippen LogP contribution >= 0.6 is 0 Å². The van der Waals surface area contributed by atoms with E-state index in [-0.39, 0.29) is 16.2 Å². The molecule has 0 saturated carbocycles. The van der Waals surface area contributed by atoms with Crippen LogP contribution in [0.25, 0.3) is 55.0 Å². The molecule has 0 radical (unpaired) electrons. The molecule has 254 valence electrons. The predicted octanol–water partition coefficient (Wildman–Crippen LogP) is 14.1. The summed E-state index contributed by atoms with van der Waals surface area (Å²) in [6.45, 7) is 16.4. The number of anilines is 3. The van der Waals surface area contributed by atoms with Crippen molar-refractivity contribution in [2.45, 2.75) is 64.7 Å². The molecule has 7 aromatic carbocycles. The highest BCUT2D eigenvalue weighted by Gasteiger charge is 2.42. The molecule has 0 aliphatic heterocycles. The lowest BCUT2D eigenvalue weighted by Gasteiger charge is -2.28. The van der Waals surface area contributed by atoms with E-state index in [0.29, 0.717) is 0 Å². The molecule has 2 heteroatoms. The van der Waals surface area contributed by atoms with E-state index in [9.17, 15) is 0 Å². The summed E-state index contributed by atoms with van der Waals surface area (Å²) < 4.78 is 6.93. The Bertz CT molecular complexity index is 2770. The van der Waals surface area contributed by atoms with Crippen molar-refractivity contribution in [2.75, 3.05) is 4.90 Å². The van der Waals surface area contributed by atoms with E-state index in [2.05, 4.69) is 187 Å². The van der Waals surface area contributed by atoms with Crippen molar-refractivity contribution in [1.29, 1.82) is 0 Å². The van der Waals surface area contributed by atoms with Crippen LogP contribution in [-0.4, -0.2) is 0 Å². The summed E-state index contributed by atoms with van der Waals surface area (Å²) in [7, 11) is 0. The van der Waals surface area contributed by atoms with Gasteiger partial charge in [0.15, 0.2) is 5.58 Å². The van der Waals surface area contributed by atoms with Crippen molar-refractivity contribution in [3.05, 3.63) is 161 Å². The van der Waals surface area contributed by atoms with Gasteiger partial charge in [0.25, 0.3) is 0 Å². The monoisotopic (exact) mass is 673 g/mol. The SMILES string of the molecule is CC(C)(C)c1cccc2c1oc1c(N(c3ccccc3)c3ccc4c(c3)C(C)(C)c3cc5c(cc3-4)C(C)(C)c3c-5ccc4ccccc34)cccc12. The molecule has 0 amide bonds. The van der Waals surface area contributed by atoms with Gasteiger partial charge in [-0.05, 0) is 103 Å². The molecule has 1 heterocycles. The highest BCUT2D eigenvalue weighted by molar-refractivity contribution is 6.11. The molecule has 1 aromatic heterocycles. The molecule has 0 bridgehead atoms. The topological polar surface area (TPSA) is 16.4 Å². The van der Waals surface area contributed by atoms with Crippen molar-refractivity contribution in [3.63, 3.8) is 0 Å². The highest BCUT2D eigenvalue weighted by Crippen LogP contribution is 2.58. The molecule has 52 heavy (non-hydrogen) atoms. The quantitative estimate of drug-likeness (QED) is 0.186. The Morgan fingerprint density at radius 1 is 0.481 bits per heavy atom. The zero-order valence-electron chi connectivity index (χ0n) is 31.1. The van der Waals surface area contributed by atoms with Gasteiger partial charge in [-0.1, -0.05) is 139 Å². The largest absolute Gasteiger partial charge is 0.454 e. The molecule has 0 fully saturated rings. The van der Waals surface area contributed by atoms with Crippen molar-refractivity contribution in [1.82, 2.24) is 0 Å². The maximum atomic E-state index is 6.93. The van der Waals surface area contributed by atoms with Crippen molar-refractivity contribution >= 4 is 49.8 Å². The lowest BCUT2D eigenvalue weighted by atomic mass is 9.78. The Balaban J connectivity index is 1.16. The van der Waals surface area contributed by atoms with Gasteiger partial charge in [-0.15, -0.1) is 0 Å². The van der Waals surface area contributed by atoms with Gasteiger partial charge in [0.05, 0.1) is 5.69 Å². The van der Waals surface area contributed by atoms with Crippen molar-refractivity contribution in [3.8, 4) is 22.3 Å². The molecule has 2 aliphatic carbocycles. The molecule has 0 unspecified atom stereocenters. The second kappa shape index (κ2) is 10.5. The Morgan fingerprint density at radius 3 is 1.87 bits per heavy atom. The number of para-hydroxylation sites is 3. The number of fused-ring (bicyclic) bond motifs is 11. The zero-order chi connectivity index (χ0) is 35.7. The summed E-state index contributed by atoms with van der Waals surface area (Å²) in [5.74, 6) is 0. The fourth-order valence-electron chi connectivity index (χ4n) is 9.53. The summed E-state index contributed by atoms with van der Waals surface area (Å²) in [5.41, 5.74) is 17.1. The molecular weight excluding hydrogens is 631 g/mol. The van der Waals surface area contributed by atoms with Crippen LogP contribution < -0.4 is 4.90 Å². The predicted molar refractivity (Wildman–Crippen MR) is 220 cm³/mol. The van der Waals surface area contributed by atoms with E-state index in [1.165, 1.54) is 60.8 Å². The number of hydrogen-bond acceptors (Lipinski definition) is 2. The fourth-order valence-corrected chi connectivity index (χ4v) is 9.53. The lowest BCUT2D eigenvalue weighted by molar-refractivity contribution is 0.573. The number of hydrogen-bond donors (Lipinski definition) is 0. The molecule has 0 saturated heterocycles. The number of furan rings is 1. The van der Waals surface area contributed by atoms with Crippen molar-refractivity contribution in [2.24, 2.45) is 0 Å². The van der Waals surface area contributed by atoms with E-state index < -0.39 is 0 Å². The Hall–Kier alpha value is -5.60. The van der Waals surface area contributed by atoms with Crippen LogP contribution in [0.1, 0.15) is 76.3 Å². The molecule has 2 aliphatic rings. The standard InChI is InChI=1S/C50H43NO/c1-48(2,3)40-21-13-19-36-37-20-14-22-44(47(37)52-46(36)40)51(31-16-9-8-10-17-31)32-24-26-34-38-28-43-39(29-42(38)49(4,5)41(34)27-32)35-25-23-30-15-11-12-18-33(30)45(35)50(43,6)7/h8-29H,1-7H3. The summed E-state index contributed by atoms with van der Waals surface area (Å²) >= 11 is 0. The van der Waals surface area contributed by atoms with Gasteiger partial charge in [-0.2, -0.15) is 0 Å². The third kappa shape index (κ3) is 4.18. The van der Waals surface area contributed by atoms with Gasteiger partial charge in [-0.3, -0.25) is 0 Å². The molecule has 0 N–H and O–H groups in total. The van der Waals surface area contributed by atoms with E-state index in [1.54, 1.807) is 0 Å². The molecular formula is C50H43NO. The van der Waals surface area contributed by atoms with Crippen LogP contribution in [0.5, 0.6) is 0 Å². The normalized spacial score (nSPS) is 15.1. The second-order valence-corrected chi connectivity index (χ2v) is 17.0. The van der Waals surface area contributed by atoms with E-state index in [0.717, 1.165) is 39.0 Å². The maximum absolute atomic E-state index is 6.93. The van der Waals surface area contributed by atoms with Crippen molar-refractivity contribution < 1.29 is 4.42 Å². The van der Waals surface area contributed by atoms with Crippen LogP contribution in [0, 0.1) is 0 Å². The van der Waals surface area contributed by atoms with Gasteiger partial charge in [-0.25, -0.2) is 0 Å². The molecule has 0 atom stereocenters. The third-order valence-electron chi connectivity index (χ3n) is 12.1. The van der Waals surface area contributed by atoms with Gasteiger partial charge in [0, 0.05) is 38.5 Å². The van der Waals surface area contributed by atoms with Crippen LogP contribution in [-0.2, 0) is 16.2 Å². The number of nitrogens with zero attached hydrogens (tertiary/aromatic N) is 1. The zero-order valence-corrected chi connectivity index (χ0v) is 31.1. The van der Waals surface area contributed by atoms with Crippen LogP contribution in [0.4, 0.5) is 17.1 Å². The first kappa shape index (κ1) is 31.2. The molecule has 0 spiro atoms. The maximum Gasteiger partial charge on any atom is 0.159 e. The lowest BCUT2D eigenvalue weighted by Crippen LogP contribution is -2.17. The number of benzene rings is 7. The second-order valence-electron chi connectivity index (χ2n) is 17.0. The van der Waals surface area contributed by atoms with E-state index in [4.69, 9.17) is 4.42 Å². The van der Waals surface area contributed by atoms with Gasteiger partial charge in [0.1, 0.15) is 5.58 Å². The van der Waals surface area contributed by atoms with Crippen LogP contribution in [0.3, 0.4) is 0 Å². The van der Waals surface area contributed by atoms with Gasteiger partial charge < -0.3 is 9.32 Å². The summed E-state index contributed by atoms with van der Waals surface area (Å²) in [5, 5.41) is 4.97. The smallest absolute Gasteiger partial charge is 0.159 e. The minimum atomic E-state index is -0.186. The summed E-state index contributed by atoms with van der Waals surface area (Å²) in [6.07, 6.45) is 0. The summed E-state index contributed by atoms with van der Waals surface area (Å²) in [4.78, 5) is 2.38. The average molecular weight is 674 g/mol. The molecule has 10 rings (SSSR count). The first-order valence-corrected chi connectivity index (χ1v) is 18.6. The number of rotatable bonds is 3. The average Bonchev–Trinajstić information content (AvgIpc) is 3.71. The highest BCUT2D eigenvalue weighted by atomic mass is 16.3. The minimum Gasteiger partial charge on any atom is -0.454 e.